The lowest BCUT2D eigenvalue weighted by Gasteiger charge is -2.07. The number of furan rings is 1. The van der Waals surface area contributed by atoms with Gasteiger partial charge in [0.15, 0.2) is 5.82 Å². The molecule has 0 aliphatic carbocycles. The SMILES string of the molecule is c1ccc(CNCc2cncc(-c3ccc4[nH]nc(-c5nc6c(-c7ccoc7)nccc6[nH]5)c4c3)c2)cc1. The van der Waals surface area contributed by atoms with E-state index in [2.05, 4.69) is 72.9 Å². The third kappa shape index (κ3) is 4.12. The number of nitrogens with one attached hydrogen (secondary N) is 3. The molecule has 8 nitrogen and oxygen atoms in total. The minimum Gasteiger partial charge on any atom is -0.472 e. The van der Waals surface area contributed by atoms with Crippen LogP contribution in [0.25, 0.3) is 55.8 Å². The average Bonchev–Trinajstić information content (AvgIpc) is 3.73. The molecule has 5 aromatic heterocycles. The summed E-state index contributed by atoms with van der Waals surface area (Å²) in [5.41, 5.74) is 9.50. The number of aromatic nitrogens is 6. The van der Waals surface area contributed by atoms with E-state index >= 15 is 0 Å². The summed E-state index contributed by atoms with van der Waals surface area (Å²) in [6, 6.07) is 22.6. The second-order valence-electron chi connectivity index (χ2n) is 9.16. The van der Waals surface area contributed by atoms with E-state index in [9.17, 15) is 0 Å². The minimum atomic E-state index is 0.679. The summed E-state index contributed by atoms with van der Waals surface area (Å²) in [6.07, 6.45) is 8.87. The highest BCUT2D eigenvalue weighted by molar-refractivity contribution is 5.97. The first-order chi connectivity index (χ1) is 18.8. The van der Waals surface area contributed by atoms with E-state index in [1.54, 1.807) is 18.7 Å². The van der Waals surface area contributed by atoms with Crippen molar-refractivity contribution in [2.45, 2.75) is 13.1 Å². The summed E-state index contributed by atoms with van der Waals surface area (Å²) in [4.78, 5) is 17.3. The second kappa shape index (κ2) is 9.42. The number of imidazole rings is 1. The zero-order valence-corrected chi connectivity index (χ0v) is 20.3. The van der Waals surface area contributed by atoms with Crippen LogP contribution in [0.15, 0.2) is 102 Å². The fourth-order valence-electron chi connectivity index (χ4n) is 4.72. The second-order valence-corrected chi connectivity index (χ2v) is 9.16. The molecule has 3 N–H and O–H groups in total. The van der Waals surface area contributed by atoms with Crippen LogP contribution in [0.2, 0.25) is 0 Å². The maximum atomic E-state index is 5.26. The van der Waals surface area contributed by atoms with Crippen molar-refractivity contribution in [3.63, 3.8) is 0 Å². The molecule has 0 amide bonds. The van der Waals surface area contributed by atoms with E-state index in [-0.39, 0.29) is 0 Å². The van der Waals surface area contributed by atoms with E-state index in [0.717, 1.165) is 68.7 Å². The quantitative estimate of drug-likeness (QED) is 0.245. The predicted octanol–water partition coefficient (Wildman–Crippen LogP) is 6.11. The summed E-state index contributed by atoms with van der Waals surface area (Å²) in [5, 5.41) is 12.2. The minimum absolute atomic E-state index is 0.679. The first-order valence-electron chi connectivity index (χ1n) is 12.4. The van der Waals surface area contributed by atoms with E-state index in [1.807, 2.05) is 36.7 Å². The van der Waals surface area contributed by atoms with Gasteiger partial charge in [0.05, 0.1) is 23.6 Å². The standard InChI is InChI=1S/C30H23N7O/c1-2-4-19(5-3-1)14-31-15-20-12-23(17-32-16-20)21-6-7-25-24(13-21)28(37-36-25)30-34-26-8-10-33-27(29(26)35-30)22-9-11-38-18-22/h1-13,16-18,31H,14-15H2,(H,34,35)(H,36,37). The zero-order chi connectivity index (χ0) is 25.3. The average molecular weight is 498 g/mol. The van der Waals surface area contributed by atoms with Crippen LogP contribution in [-0.2, 0) is 13.1 Å². The molecule has 0 atom stereocenters. The first-order valence-corrected chi connectivity index (χ1v) is 12.4. The third-order valence-electron chi connectivity index (χ3n) is 6.61. The van der Waals surface area contributed by atoms with Crippen LogP contribution in [0, 0.1) is 0 Å². The van der Waals surface area contributed by atoms with Crippen molar-refractivity contribution in [2.24, 2.45) is 0 Å². The molecule has 0 spiro atoms. The van der Waals surface area contributed by atoms with Gasteiger partial charge in [-0.05, 0) is 47.0 Å². The monoisotopic (exact) mass is 497 g/mol. The summed E-state index contributed by atoms with van der Waals surface area (Å²) in [6.45, 7) is 1.55. The topological polar surface area (TPSA) is 108 Å². The van der Waals surface area contributed by atoms with Crippen molar-refractivity contribution in [2.75, 3.05) is 0 Å². The van der Waals surface area contributed by atoms with Crippen LogP contribution < -0.4 is 5.32 Å². The number of hydrogen-bond donors (Lipinski definition) is 3. The van der Waals surface area contributed by atoms with Gasteiger partial charge in [-0.3, -0.25) is 15.1 Å². The molecule has 7 aromatic rings. The number of benzene rings is 2. The molecule has 0 unspecified atom stereocenters. The van der Waals surface area contributed by atoms with E-state index in [1.165, 1.54) is 5.56 Å². The van der Waals surface area contributed by atoms with Crippen molar-refractivity contribution < 1.29 is 4.42 Å². The highest BCUT2D eigenvalue weighted by Gasteiger charge is 2.17. The highest BCUT2D eigenvalue weighted by Crippen LogP contribution is 2.32. The van der Waals surface area contributed by atoms with Crippen LogP contribution in [0.1, 0.15) is 11.1 Å². The van der Waals surface area contributed by atoms with Crippen LogP contribution in [0.4, 0.5) is 0 Å². The van der Waals surface area contributed by atoms with Gasteiger partial charge >= 0.3 is 0 Å². The Labute approximate surface area is 217 Å². The molecule has 7 rings (SSSR count). The molecule has 184 valence electrons. The summed E-state index contributed by atoms with van der Waals surface area (Å²) in [5.74, 6) is 0.679. The van der Waals surface area contributed by atoms with Crippen molar-refractivity contribution in [3.05, 3.63) is 109 Å². The van der Waals surface area contributed by atoms with Crippen LogP contribution in [0.3, 0.4) is 0 Å². The molecule has 0 aliphatic heterocycles. The Morgan fingerprint density at radius 2 is 1.71 bits per heavy atom. The summed E-state index contributed by atoms with van der Waals surface area (Å²) in [7, 11) is 0. The summed E-state index contributed by atoms with van der Waals surface area (Å²) >= 11 is 0. The van der Waals surface area contributed by atoms with Gasteiger partial charge in [0.2, 0.25) is 0 Å². The van der Waals surface area contributed by atoms with Crippen LogP contribution in [-0.4, -0.2) is 30.1 Å². The number of fused-ring (bicyclic) bond motifs is 2. The van der Waals surface area contributed by atoms with Gasteiger partial charge in [-0.2, -0.15) is 5.10 Å². The molecule has 5 heterocycles. The van der Waals surface area contributed by atoms with Gasteiger partial charge in [0, 0.05) is 48.2 Å². The zero-order valence-electron chi connectivity index (χ0n) is 20.3. The Morgan fingerprint density at radius 1 is 0.789 bits per heavy atom. The van der Waals surface area contributed by atoms with Crippen LogP contribution >= 0.6 is 0 Å². The molecular weight excluding hydrogens is 474 g/mol. The molecule has 2 aromatic carbocycles. The maximum absolute atomic E-state index is 5.26. The van der Waals surface area contributed by atoms with Crippen molar-refractivity contribution in [3.8, 4) is 33.9 Å². The fraction of sp³-hybridized carbons (Fsp3) is 0.0667. The Hall–Kier alpha value is -5.08. The molecular formula is C30H23N7O. The van der Waals surface area contributed by atoms with Gasteiger partial charge in [-0.1, -0.05) is 36.4 Å². The number of hydrogen-bond acceptors (Lipinski definition) is 6. The molecule has 0 bridgehead atoms. The number of pyridine rings is 2. The van der Waals surface area contributed by atoms with E-state index in [0.29, 0.717) is 5.82 Å². The Bertz CT molecular complexity index is 1850. The molecule has 0 radical (unpaired) electrons. The Kier molecular flexibility index (Phi) is 5.49. The Balaban J connectivity index is 1.20. The third-order valence-corrected chi connectivity index (χ3v) is 6.61. The van der Waals surface area contributed by atoms with Gasteiger partial charge in [0.25, 0.3) is 0 Å². The lowest BCUT2D eigenvalue weighted by Crippen LogP contribution is -2.12. The molecule has 0 saturated carbocycles. The highest BCUT2D eigenvalue weighted by atomic mass is 16.3. The number of H-pyrrole nitrogens is 2. The normalized spacial score (nSPS) is 11.5. The van der Waals surface area contributed by atoms with E-state index in [4.69, 9.17) is 9.40 Å². The van der Waals surface area contributed by atoms with Crippen molar-refractivity contribution in [1.29, 1.82) is 0 Å². The van der Waals surface area contributed by atoms with Gasteiger partial charge in [-0.15, -0.1) is 0 Å². The van der Waals surface area contributed by atoms with E-state index < -0.39 is 0 Å². The van der Waals surface area contributed by atoms with Crippen molar-refractivity contribution >= 4 is 21.9 Å². The van der Waals surface area contributed by atoms with Gasteiger partial charge in [-0.25, -0.2) is 4.98 Å². The van der Waals surface area contributed by atoms with Gasteiger partial charge < -0.3 is 14.7 Å². The molecule has 0 aliphatic rings. The maximum Gasteiger partial charge on any atom is 0.159 e. The lowest BCUT2D eigenvalue weighted by molar-refractivity contribution is 0.568. The largest absolute Gasteiger partial charge is 0.472 e. The van der Waals surface area contributed by atoms with Crippen molar-refractivity contribution in [1.82, 2.24) is 35.5 Å². The molecule has 0 saturated heterocycles. The molecule has 0 fully saturated rings. The lowest BCUT2D eigenvalue weighted by atomic mass is 10.0. The van der Waals surface area contributed by atoms with Gasteiger partial charge in [0.1, 0.15) is 16.9 Å². The summed E-state index contributed by atoms with van der Waals surface area (Å²) < 4.78 is 5.26. The first kappa shape index (κ1) is 22.1. The smallest absolute Gasteiger partial charge is 0.159 e. The Morgan fingerprint density at radius 3 is 2.61 bits per heavy atom. The fourth-order valence-corrected chi connectivity index (χ4v) is 4.72. The number of nitrogens with zero attached hydrogens (tertiary/aromatic N) is 4. The number of rotatable bonds is 7. The predicted molar refractivity (Wildman–Crippen MR) is 147 cm³/mol. The molecule has 38 heavy (non-hydrogen) atoms. The molecule has 8 heteroatoms. The number of aromatic amines is 2. The van der Waals surface area contributed by atoms with Crippen LogP contribution in [0.5, 0.6) is 0 Å².